The van der Waals surface area contributed by atoms with Crippen molar-refractivity contribution in [2.45, 2.75) is 0 Å². The van der Waals surface area contributed by atoms with Crippen LogP contribution in [0.4, 0.5) is 5.69 Å². The van der Waals surface area contributed by atoms with Gasteiger partial charge in [-0.3, -0.25) is 0 Å². The van der Waals surface area contributed by atoms with Gasteiger partial charge in [0.05, 0.1) is 11.4 Å². The first-order valence-corrected chi connectivity index (χ1v) is 3.67. The van der Waals surface area contributed by atoms with Crippen LogP contribution in [0.15, 0.2) is 29.5 Å². The second-order valence-corrected chi connectivity index (χ2v) is 2.57. The van der Waals surface area contributed by atoms with Gasteiger partial charge in [-0.05, 0) is 17.7 Å². The second-order valence-electron chi connectivity index (χ2n) is 2.57. The average Bonchev–Trinajstić information content (AvgIpc) is 2.46. The van der Waals surface area contributed by atoms with E-state index < -0.39 is 0 Å². The molecule has 0 aromatic carbocycles. The molecule has 0 radical (unpaired) electrons. The van der Waals surface area contributed by atoms with E-state index >= 15 is 0 Å². The number of pyridine rings is 1. The SMILES string of the molecule is [N-]=[N+]=Nc1cc2ccc[nH]c-2c1O. The summed E-state index contributed by atoms with van der Waals surface area (Å²) in [7, 11) is 0. The van der Waals surface area contributed by atoms with Gasteiger partial charge in [-0.15, -0.1) is 0 Å². The molecular weight excluding hydrogens is 168 g/mol. The van der Waals surface area contributed by atoms with Gasteiger partial charge in [0.25, 0.3) is 0 Å². The molecule has 2 N–H and O–H groups in total. The molecule has 0 amide bonds. The molecular formula is C8H6N4O. The predicted molar refractivity (Wildman–Crippen MR) is 47.9 cm³/mol. The topological polar surface area (TPSA) is 84.8 Å². The number of hydrogen-bond donors (Lipinski definition) is 2. The summed E-state index contributed by atoms with van der Waals surface area (Å²) < 4.78 is 0. The highest BCUT2D eigenvalue weighted by Crippen LogP contribution is 2.40. The Morgan fingerprint density at radius 2 is 2.38 bits per heavy atom. The van der Waals surface area contributed by atoms with Gasteiger partial charge in [0.1, 0.15) is 5.75 Å². The Kier molecular flexibility index (Phi) is 1.58. The van der Waals surface area contributed by atoms with Crippen LogP contribution in [0.25, 0.3) is 21.7 Å². The van der Waals surface area contributed by atoms with Crippen LogP contribution < -0.4 is 0 Å². The van der Waals surface area contributed by atoms with Crippen molar-refractivity contribution in [1.29, 1.82) is 0 Å². The van der Waals surface area contributed by atoms with Crippen LogP contribution in [0.3, 0.4) is 0 Å². The number of nitrogens with one attached hydrogen (secondary N) is 1. The zero-order valence-electron chi connectivity index (χ0n) is 6.60. The highest BCUT2D eigenvalue weighted by Gasteiger charge is 2.13. The van der Waals surface area contributed by atoms with Crippen LogP contribution in [-0.2, 0) is 0 Å². The molecule has 0 aromatic heterocycles. The van der Waals surface area contributed by atoms with Gasteiger partial charge in [0.15, 0.2) is 0 Å². The van der Waals surface area contributed by atoms with E-state index in [1.165, 1.54) is 0 Å². The molecule has 0 saturated carbocycles. The first-order valence-electron chi connectivity index (χ1n) is 3.67. The van der Waals surface area contributed by atoms with E-state index in [-0.39, 0.29) is 11.4 Å². The van der Waals surface area contributed by atoms with Crippen LogP contribution in [0, 0.1) is 0 Å². The third-order valence-electron chi connectivity index (χ3n) is 1.81. The van der Waals surface area contributed by atoms with Gasteiger partial charge in [-0.25, -0.2) is 0 Å². The summed E-state index contributed by atoms with van der Waals surface area (Å²) >= 11 is 0. The van der Waals surface area contributed by atoms with Crippen molar-refractivity contribution in [2.24, 2.45) is 5.11 Å². The largest absolute Gasteiger partial charge is 0.505 e. The van der Waals surface area contributed by atoms with Crippen LogP contribution in [0.2, 0.25) is 0 Å². The fourth-order valence-electron chi connectivity index (χ4n) is 1.24. The van der Waals surface area contributed by atoms with Gasteiger partial charge >= 0.3 is 0 Å². The first kappa shape index (κ1) is 7.52. The lowest BCUT2D eigenvalue weighted by molar-refractivity contribution is 0.479. The fraction of sp³-hybridized carbons (Fsp3) is 0. The van der Waals surface area contributed by atoms with E-state index in [0.717, 1.165) is 5.56 Å². The van der Waals surface area contributed by atoms with Gasteiger partial charge < -0.3 is 10.1 Å². The Morgan fingerprint density at radius 3 is 3.08 bits per heavy atom. The third kappa shape index (κ3) is 1.07. The summed E-state index contributed by atoms with van der Waals surface area (Å²) in [5.74, 6) is -0.00611. The first-order chi connectivity index (χ1) is 6.33. The number of azide groups is 1. The Hall–Kier alpha value is -2.13. The number of nitrogens with zero attached hydrogens (tertiary/aromatic N) is 3. The summed E-state index contributed by atoms with van der Waals surface area (Å²) in [6.45, 7) is 0. The van der Waals surface area contributed by atoms with E-state index in [0.29, 0.717) is 5.69 Å². The molecule has 1 heterocycles. The maximum atomic E-state index is 9.52. The minimum atomic E-state index is -0.00611. The van der Waals surface area contributed by atoms with Crippen molar-refractivity contribution in [2.75, 3.05) is 0 Å². The predicted octanol–water partition coefficient (Wildman–Crippen LogP) is 2.77. The lowest BCUT2D eigenvalue weighted by atomic mass is 10.2. The lowest BCUT2D eigenvalue weighted by Crippen LogP contribution is -1.76. The van der Waals surface area contributed by atoms with Crippen molar-refractivity contribution in [3.8, 4) is 17.0 Å². The van der Waals surface area contributed by atoms with Crippen molar-refractivity contribution in [3.63, 3.8) is 0 Å². The molecule has 1 aliphatic heterocycles. The summed E-state index contributed by atoms with van der Waals surface area (Å²) in [5.41, 5.74) is 9.87. The molecule has 5 heteroatoms. The monoisotopic (exact) mass is 174 g/mol. The number of rotatable bonds is 1. The molecule has 2 rings (SSSR count). The fourth-order valence-corrected chi connectivity index (χ4v) is 1.24. The number of H-pyrrole nitrogens is 1. The van der Waals surface area contributed by atoms with Gasteiger partial charge in [0.2, 0.25) is 0 Å². The van der Waals surface area contributed by atoms with Gasteiger partial charge in [-0.1, -0.05) is 11.2 Å². The zero-order valence-corrected chi connectivity index (χ0v) is 6.60. The molecule has 5 nitrogen and oxygen atoms in total. The molecule has 0 aromatic rings. The van der Waals surface area contributed by atoms with Crippen LogP contribution in [0.1, 0.15) is 0 Å². The minimum Gasteiger partial charge on any atom is -0.505 e. The molecule has 1 aliphatic carbocycles. The maximum absolute atomic E-state index is 9.52. The van der Waals surface area contributed by atoms with E-state index in [4.69, 9.17) is 5.53 Å². The summed E-state index contributed by atoms with van der Waals surface area (Å²) in [4.78, 5) is 5.48. The summed E-state index contributed by atoms with van der Waals surface area (Å²) in [6.07, 6.45) is 1.70. The number of aromatic hydroxyl groups is 1. The molecule has 2 aliphatic rings. The molecule has 0 saturated heterocycles. The van der Waals surface area contributed by atoms with Crippen molar-refractivity contribution < 1.29 is 5.11 Å². The number of aromatic amines is 1. The van der Waals surface area contributed by atoms with Crippen molar-refractivity contribution in [3.05, 3.63) is 34.8 Å². The highest BCUT2D eigenvalue weighted by molar-refractivity contribution is 5.80. The third-order valence-corrected chi connectivity index (χ3v) is 1.81. The molecule has 64 valence electrons. The minimum absolute atomic E-state index is 0.00611. The molecule has 0 unspecified atom stereocenters. The molecule has 0 bridgehead atoms. The van der Waals surface area contributed by atoms with Crippen molar-refractivity contribution in [1.82, 2.24) is 4.98 Å². The standard InChI is InChI=1S/C8H6N4O/c9-12-11-6-4-5-2-1-3-10-7(5)8(6)13/h1-4,10,13H. The van der Waals surface area contributed by atoms with Gasteiger partial charge in [0, 0.05) is 16.7 Å². The molecule has 0 spiro atoms. The molecule has 0 atom stereocenters. The van der Waals surface area contributed by atoms with E-state index in [1.54, 1.807) is 12.3 Å². The molecule has 13 heavy (non-hydrogen) atoms. The average molecular weight is 174 g/mol. The van der Waals surface area contributed by atoms with Crippen LogP contribution in [-0.4, -0.2) is 10.1 Å². The zero-order chi connectivity index (χ0) is 9.26. The Bertz CT molecular complexity index is 455. The lowest BCUT2D eigenvalue weighted by Gasteiger charge is -1.96. The molecule has 0 fully saturated rings. The summed E-state index contributed by atoms with van der Waals surface area (Å²) in [5, 5.41) is 12.9. The summed E-state index contributed by atoms with van der Waals surface area (Å²) in [6, 6.07) is 5.25. The Labute approximate surface area is 73.6 Å². The van der Waals surface area contributed by atoms with Crippen molar-refractivity contribution >= 4 is 5.69 Å². The second kappa shape index (κ2) is 2.73. The van der Waals surface area contributed by atoms with Crippen LogP contribution >= 0.6 is 0 Å². The van der Waals surface area contributed by atoms with E-state index in [2.05, 4.69) is 15.0 Å². The normalized spacial score (nSPS) is 9.85. The van der Waals surface area contributed by atoms with E-state index in [9.17, 15) is 5.11 Å². The highest BCUT2D eigenvalue weighted by atomic mass is 16.3. The number of hydrogen-bond acceptors (Lipinski definition) is 2. The quantitative estimate of drug-likeness (QED) is 0.388. The van der Waals surface area contributed by atoms with Gasteiger partial charge in [-0.2, -0.15) is 0 Å². The van der Waals surface area contributed by atoms with E-state index in [1.807, 2.05) is 12.1 Å². The number of fused-ring (bicyclic) bond motifs is 1. The number of aromatic nitrogens is 1. The smallest absolute Gasteiger partial charge is 0.149 e. The maximum Gasteiger partial charge on any atom is 0.149 e. The Morgan fingerprint density at radius 1 is 1.54 bits per heavy atom. The Balaban J connectivity index is 2.73. The van der Waals surface area contributed by atoms with Crippen LogP contribution in [0.5, 0.6) is 5.75 Å².